The van der Waals surface area contributed by atoms with Crippen LogP contribution in [0.5, 0.6) is 0 Å². The molecular weight excluding hydrogens is 398 g/mol. The van der Waals surface area contributed by atoms with E-state index in [1.807, 2.05) is 43.0 Å². The van der Waals surface area contributed by atoms with E-state index in [0.29, 0.717) is 43.1 Å². The van der Waals surface area contributed by atoms with E-state index in [-0.39, 0.29) is 17.4 Å². The van der Waals surface area contributed by atoms with Crippen molar-refractivity contribution in [1.29, 1.82) is 0 Å². The lowest BCUT2D eigenvalue weighted by Crippen LogP contribution is -2.37. The molecule has 2 aromatic carbocycles. The lowest BCUT2D eigenvalue weighted by atomic mass is 10.1. The molecule has 0 radical (unpaired) electrons. The van der Waals surface area contributed by atoms with E-state index in [4.69, 9.17) is 9.15 Å². The SMILES string of the molecule is CC[C@@H](Nc1c(Nc2cccc3c2C(O)N(CCOC)C3)c(=O)c1=O)c1ccc(C)o1. The van der Waals surface area contributed by atoms with E-state index in [0.717, 1.165) is 11.3 Å². The molecule has 2 atom stereocenters. The average Bonchev–Trinajstić information content (AvgIpc) is 3.35. The zero-order valence-electron chi connectivity index (χ0n) is 17.9. The van der Waals surface area contributed by atoms with Crippen LogP contribution in [0.25, 0.3) is 0 Å². The van der Waals surface area contributed by atoms with Gasteiger partial charge in [0.25, 0.3) is 10.9 Å². The molecule has 0 bridgehead atoms. The number of nitrogens with zero attached hydrogens (tertiary/aromatic N) is 1. The van der Waals surface area contributed by atoms with Crippen molar-refractivity contribution in [1.82, 2.24) is 4.90 Å². The van der Waals surface area contributed by atoms with Gasteiger partial charge in [0.2, 0.25) is 0 Å². The second kappa shape index (κ2) is 8.66. The topological polar surface area (TPSA) is 104 Å². The highest BCUT2D eigenvalue weighted by molar-refractivity contribution is 5.80. The molecule has 0 spiro atoms. The molecule has 3 N–H and O–H groups in total. The van der Waals surface area contributed by atoms with Crippen molar-refractivity contribution in [3.05, 3.63) is 73.4 Å². The summed E-state index contributed by atoms with van der Waals surface area (Å²) in [6.07, 6.45) is -0.134. The number of rotatable bonds is 9. The molecule has 3 aromatic rings. The minimum absolute atomic E-state index is 0.211. The number of aliphatic hydroxyl groups excluding tert-OH is 1. The maximum Gasteiger partial charge on any atom is 0.253 e. The number of nitrogens with one attached hydrogen (secondary N) is 2. The predicted molar refractivity (Wildman–Crippen MR) is 118 cm³/mol. The summed E-state index contributed by atoms with van der Waals surface area (Å²) in [5.41, 5.74) is 1.62. The van der Waals surface area contributed by atoms with Crippen molar-refractivity contribution >= 4 is 17.1 Å². The minimum atomic E-state index is -0.814. The van der Waals surface area contributed by atoms with Crippen molar-refractivity contribution in [2.24, 2.45) is 0 Å². The van der Waals surface area contributed by atoms with Gasteiger partial charge in [0.1, 0.15) is 29.1 Å². The number of methoxy groups -OCH3 is 1. The Hall–Kier alpha value is -2.94. The number of anilines is 3. The third-order valence-electron chi connectivity index (χ3n) is 5.76. The van der Waals surface area contributed by atoms with Gasteiger partial charge >= 0.3 is 0 Å². The summed E-state index contributed by atoms with van der Waals surface area (Å²) < 4.78 is 10.8. The summed E-state index contributed by atoms with van der Waals surface area (Å²) in [5, 5.41) is 17.1. The maximum absolute atomic E-state index is 12.4. The van der Waals surface area contributed by atoms with Gasteiger partial charge in [-0.05, 0) is 37.1 Å². The van der Waals surface area contributed by atoms with Gasteiger partial charge in [-0.25, -0.2) is 0 Å². The lowest BCUT2D eigenvalue weighted by molar-refractivity contribution is -0.000623. The molecule has 1 aliphatic heterocycles. The van der Waals surface area contributed by atoms with Crippen LogP contribution in [0.3, 0.4) is 0 Å². The van der Waals surface area contributed by atoms with Crippen LogP contribution in [0.2, 0.25) is 0 Å². The van der Waals surface area contributed by atoms with Gasteiger partial charge in [0.15, 0.2) is 0 Å². The monoisotopic (exact) mass is 425 g/mol. The zero-order valence-corrected chi connectivity index (χ0v) is 17.9. The second-order valence-electron chi connectivity index (χ2n) is 7.80. The Labute approximate surface area is 180 Å². The van der Waals surface area contributed by atoms with Crippen molar-refractivity contribution < 1.29 is 14.3 Å². The van der Waals surface area contributed by atoms with Crippen LogP contribution in [0.1, 0.15) is 48.3 Å². The average molecular weight is 425 g/mol. The predicted octanol–water partition coefficient (Wildman–Crippen LogP) is 2.94. The molecule has 4 rings (SSSR count). The van der Waals surface area contributed by atoms with Gasteiger partial charge in [-0.15, -0.1) is 0 Å². The Kier molecular flexibility index (Phi) is 5.95. The highest BCUT2D eigenvalue weighted by atomic mass is 16.5. The van der Waals surface area contributed by atoms with Crippen molar-refractivity contribution in [2.75, 3.05) is 30.9 Å². The van der Waals surface area contributed by atoms with Crippen LogP contribution in [0, 0.1) is 6.92 Å². The molecule has 31 heavy (non-hydrogen) atoms. The number of hydrogen-bond donors (Lipinski definition) is 3. The Morgan fingerprint density at radius 2 is 2.00 bits per heavy atom. The Morgan fingerprint density at radius 3 is 2.68 bits per heavy atom. The third kappa shape index (κ3) is 3.89. The van der Waals surface area contributed by atoms with E-state index >= 15 is 0 Å². The quantitative estimate of drug-likeness (QED) is 0.450. The number of aliphatic hydroxyl groups is 1. The highest BCUT2D eigenvalue weighted by Gasteiger charge is 2.32. The number of benzene rings is 1. The first kappa shape index (κ1) is 21.3. The fraction of sp³-hybridized carbons (Fsp3) is 0.391. The van der Waals surface area contributed by atoms with Crippen molar-refractivity contribution in [3.8, 4) is 0 Å². The van der Waals surface area contributed by atoms with Crippen LogP contribution in [0.15, 0.2) is 44.3 Å². The summed E-state index contributed by atoms with van der Waals surface area (Å²) in [4.78, 5) is 26.6. The van der Waals surface area contributed by atoms with Gasteiger partial charge in [-0.1, -0.05) is 19.1 Å². The molecule has 2 heterocycles. The maximum atomic E-state index is 12.4. The van der Waals surface area contributed by atoms with Gasteiger partial charge in [0.05, 0.1) is 12.6 Å². The summed E-state index contributed by atoms with van der Waals surface area (Å²) >= 11 is 0. The molecule has 1 unspecified atom stereocenters. The summed E-state index contributed by atoms with van der Waals surface area (Å²) in [6.45, 7) is 5.51. The van der Waals surface area contributed by atoms with E-state index in [1.165, 1.54) is 0 Å². The molecule has 1 aromatic heterocycles. The van der Waals surface area contributed by atoms with Gasteiger partial charge < -0.3 is 24.9 Å². The van der Waals surface area contributed by atoms with Crippen LogP contribution >= 0.6 is 0 Å². The molecule has 8 heteroatoms. The normalized spacial score (nSPS) is 17.1. The smallest absolute Gasteiger partial charge is 0.253 e. The van der Waals surface area contributed by atoms with E-state index in [9.17, 15) is 14.7 Å². The first-order valence-electron chi connectivity index (χ1n) is 10.4. The van der Waals surface area contributed by atoms with E-state index < -0.39 is 17.1 Å². The molecule has 0 aliphatic carbocycles. The molecule has 1 aliphatic rings. The molecule has 0 amide bonds. The molecule has 0 saturated carbocycles. The Morgan fingerprint density at radius 1 is 1.23 bits per heavy atom. The number of ether oxygens (including phenoxy) is 1. The van der Waals surface area contributed by atoms with Crippen molar-refractivity contribution in [2.45, 2.75) is 39.1 Å². The molecule has 8 nitrogen and oxygen atoms in total. The largest absolute Gasteiger partial charge is 0.464 e. The van der Waals surface area contributed by atoms with Gasteiger partial charge in [-0.3, -0.25) is 14.5 Å². The fourth-order valence-corrected chi connectivity index (χ4v) is 4.04. The molecular formula is C23H27N3O5. The molecule has 164 valence electrons. The van der Waals surface area contributed by atoms with Crippen LogP contribution < -0.4 is 21.5 Å². The van der Waals surface area contributed by atoms with Gasteiger partial charge in [0, 0.05) is 31.5 Å². The third-order valence-corrected chi connectivity index (χ3v) is 5.76. The minimum Gasteiger partial charge on any atom is -0.464 e. The number of hydrogen-bond acceptors (Lipinski definition) is 8. The Balaban J connectivity index is 1.59. The number of aryl methyl sites for hydroxylation is 1. The second-order valence-corrected chi connectivity index (χ2v) is 7.80. The number of furan rings is 1. The first-order valence-corrected chi connectivity index (χ1v) is 10.4. The van der Waals surface area contributed by atoms with Gasteiger partial charge in [-0.2, -0.15) is 0 Å². The first-order chi connectivity index (χ1) is 14.9. The van der Waals surface area contributed by atoms with Crippen LogP contribution in [-0.4, -0.2) is 30.3 Å². The molecule has 0 saturated heterocycles. The highest BCUT2D eigenvalue weighted by Crippen LogP contribution is 2.38. The van der Waals surface area contributed by atoms with Crippen LogP contribution in [-0.2, 0) is 11.3 Å². The zero-order chi connectivity index (χ0) is 22.1. The summed E-state index contributed by atoms with van der Waals surface area (Å²) in [7, 11) is 1.62. The van der Waals surface area contributed by atoms with E-state index in [2.05, 4.69) is 10.6 Å². The van der Waals surface area contributed by atoms with Crippen LogP contribution in [0.4, 0.5) is 17.1 Å². The van der Waals surface area contributed by atoms with E-state index in [1.54, 1.807) is 13.2 Å². The summed E-state index contributed by atoms with van der Waals surface area (Å²) in [5.74, 6) is 1.49. The Bertz CT molecular complexity index is 1140. The fourth-order valence-electron chi connectivity index (χ4n) is 4.04. The molecule has 0 fully saturated rings. The van der Waals surface area contributed by atoms with Crippen molar-refractivity contribution in [3.63, 3.8) is 0 Å². The summed E-state index contributed by atoms with van der Waals surface area (Å²) in [6, 6.07) is 9.12. The standard InChI is InChI=1S/C23H27N3O5/c1-4-15(17-9-8-13(2)31-17)24-19-20(22(28)21(19)27)25-16-7-5-6-14-12-26(10-11-30-3)23(29)18(14)16/h5-9,15,23-25,29H,4,10-12H2,1-3H3/t15-,23?/m1/s1. The number of fused-ring (bicyclic) bond motifs is 1. The lowest BCUT2D eigenvalue weighted by Gasteiger charge is -2.23.